The van der Waals surface area contributed by atoms with Gasteiger partial charge in [0.25, 0.3) is 0 Å². The van der Waals surface area contributed by atoms with Crippen molar-refractivity contribution in [3.63, 3.8) is 0 Å². The van der Waals surface area contributed by atoms with E-state index in [4.69, 9.17) is 0 Å². The van der Waals surface area contributed by atoms with E-state index in [-0.39, 0.29) is 12.8 Å². The summed E-state index contributed by atoms with van der Waals surface area (Å²) in [6.45, 7) is 0. The Kier molecular flexibility index (Phi) is 3.88. The van der Waals surface area contributed by atoms with Crippen LogP contribution in [0.2, 0.25) is 0 Å². The molecule has 0 radical (unpaired) electrons. The van der Waals surface area contributed by atoms with Crippen LogP contribution >= 0.6 is 0 Å². The molecule has 0 saturated heterocycles. The number of rotatable bonds is 1. The van der Waals surface area contributed by atoms with E-state index in [0.29, 0.717) is 12.8 Å². The largest absolute Gasteiger partial charge is 0.450 e. The summed E-state index contributed by atoms with van der Waals surface area (Å²) in [4.78, 5) is 22.3. The van der Waals surface area contributed by atoms with Gasteiger partial charge in [-0.25, -0.2) is 0 Å². The SMILES string of the molecule is O=C1CCCCCC[C@@H]1C(=O)C(F)(F)F. The van der Waals surface area contributed by atoms with Gasteiger partial charge in [-0.1, -0.05) is 19.3 Å². The number of alkyl halides is 3. The molecular weight excluding hydrogens is 209 g/mol. The van der Waals surface area contributed by atoms with Crippen molar-refractivity contribution < 1.29 is 22.8 Å². The Balaban J connectivity index is 2.71. The molecule has 0 spiro atoms. The number of hydrogen-bond donors (Lipinski definition) is 0. The topological polar surface area (TPSA) is 34.1 Å². The van der Waals surface area contributed by atoms with E-state index in [2.05, 4.69) is 0 Å². The van der Waals surface area contributed by atoms with Gasteiger partial charge in [0.2, 0.25) is 5.78 Å². The van der Waals surface area contributed by atoms with Crippen molar-refractivity contribution in [3.05, 3.63) is 0 Å². The zero-order valence-corrected chi connectivity index (χ0v) is 8.27. The maximum absolute atomic E-state index is 12.1. The minimum atomic E-state index is -4.88. The first-order valence-corrected chi connectivity index (χ1v) is 5.06. The Bertz CT molecular complexity index is 258. The van der Waals surface area contributed by atoms with E-state index < -0.39 is 23.7 Å². The first kappa shape index (κ1) is 12.2. The fraction of sp³-hybridized carbons (Fsp3) is 0.800. The first-order chi connectivity index (χ1) is 6.93. The van der Waals surface area contributed by atoms with Crippen LogP contribution in [-0.2, 0) is 9.59 Å². The third kappa shape index (κ3) is 3.32. The van der Waals surface area contributed by atoms with Crippen molar-refractivity contribution in [1.82, 2.24) is 0 Å². The predicted octanol–water partition coefficient (Wildman–Crippen LogP) is 2.66. The second kappa shape index (κ2) is 4.77. The van der Waals surface area contributed by atoms with Crippen LogP contribution in [-0.4, -0.2) is 17.7 Å². The maximum atomic E-state index is 12.1. The van der Waals surface area contributed by atoms with Gasteiger partial charge in [-0.05, 0) is 12.8 Å². The molecule has 2 nitrogen and oxygen atoms in total. The second-order valence-electron chi connectivity index (χ2n) is 3.83. The molecule has 0 aliphatic heterocycles. The fourth-order valence-corrected chi connectivity index (χ4v) is 1.81. The van der Waals surface area contributed by atoms with Crippen molar-refractivity contribution in [2.24, 2.45) is 5.92 Å². The summed E-state index contributed by atoms with van der Waals surface area (Å²) in [5.41, 5.74) is 0. The van der Waals surface area contributed by atoms with Crippen molar-refractivity contribution >= 4 is 11.6 Å². The van der Waals surface area contributed by atoms with Crippen LogP contribution in [0.5, 0.6) is 0 Å². The zero-order chi connectivity index (χ0) is 11.5. The van der Waals surface area contributed by atoms with Crippen molar-refractivity contribution in [2.75, 3.05) is 0 Å². The minimum absolute atomic E-state index is 0.0528. The molecule has 1 fully saturated rings. The highest BCUT2D eigenvalue weighted by atomic mass is 19.4. The van der Waals surface area contributed by atoms with Crippen LogP contribution in [0, 0.1) is 5.92 Å². The molecule has 0 aromatic heterocycles. The lowest BCUT2D eigenvalue weighted by Crippen LogP contribution is -2.35. The summed E-state index contributed by atoms with van der Waals surface area (Å²) < 4.78 is 36.4. The van der Waals surface area contributed by atoms with Gasteiger partial charge in [-0.2, -0.15) is 13.2 Å². The number of halogens is 3. The molecule has 1 atom stereocenters. The molecule has 0 aromatic carbocycles. The van der Waals surface area contributed by atoms with Crippen LogP contribution in [0.15, 0.2) is 0 Å². The molecule has 15 heavy (non-hydrogen) atoms. The van der Waals surface area contributed by atoms with Gasteiger partial charge in [0.05, 0.1) is 5.92 Å². The summed E-state index contributed by atoms with van der Waals surface area (Å²) >= 11 is 0. The Hall–Kier alpha value is -0.870. The minimum Gasteiger partial charge on any atom is -0.299 e. The summed E-state index contributed by atoms with van der Waals surface area (Å²) in [5.74, 6) is -3.85. The summed E-state index contributed by atoms with van der Waals surface area (Å²) in [5, 5.41) is 0. The molecule has 1 aliphatic rings. The summed E-state index contributed by atoms with van der Waals surface area (Å²) in [6, 6.07) is 0. The average Bonchev–Trinajstić information content (AvgIpc) is 2.10. The molecule has 0 aromatic rings. The maximum Gasteiger partial charge on any atom is 0.450 e. The van der Waals surface area contributed by atoms with Crippen LogP contribution in [0.1, 0.15) is 38.5 Å². The molecule has 0 unspecified atom stereocenters. The van der Waals surface area contributed by atoms with Gasteiger partial charge in [0.1, 0.15) is 5.78 Å². The molecule has 0 amide bonds. The van der Waals surface area contributed by atoms with Crippen molar-refractivity contribution in [3.8, 4) is 0 Å². The van der Waals surface area contributed by atoms with Crippen LogP contribution in [0.4, 0.5) is 13.2 Å². The van der Waals surface area contributed by atoms with Crippen molar-refractivity contribution in [2.45, 2.75) is 44.7 Å². The first-order valence-electron chi connectivity index (χ1n) is 5.06. The number of hydrogen-bond acceptors (Lipinski definition) is 2. The number of carbonyl (C=O) groups is 2. The third-order valence-corrected chi connectivity index (χ3v) is 2.65. The van der Waals surface area contributed by atoms with Gasteiger partial charge in [0, 0.05) is 6.42 Å². The van der Waals surface area contributed by atoms with E-state index in [9.17, 15) is 22.8 Å². The van der Waals surface area contributed by atoms with E-state index in [1.165, 1.54) is 0 Å². The molecule has 5 heteroatoms. The normalized spacial score (nSPS) is 24.5. The standard InChI is InChI=1S/C10H13F3O2/c11-10(12,13)9(15)7-5-3-1-2-4-6-8(7)14/h7H,1-6H2/t7-/m0/s1. The number of carbonyl (C=O) groups excluding carboxylic acids is 2. The molecule has 0 heterocycles. The van der Waals surface area contributed by atoms with E-state index in [1.54, 1.807) is 0 Å². The fourth-order valence-electron chi connectivity index (χ4n) is 1.81. The van der Waals surface area contributed by atoms with Gasteiger partial charge < -0.3 is 0 Å². The predicted molar refractivity (Wildman–Crippen MR) is 47.3 cm³/mol. The highest BCUT2D eigenvalue weighted by molar-refractivity contribution is 6.04. The zero-order valence-electron chi connectivity index (χ0n) is 8.27. The van der Waals surface area contributed by atoms with Crippen molar-refractivity contribution in [1.29, 1.82) is 0 Å². The Morgan fingerprint density at radius 1 is 1.13 bits per heavy atom. The van der Waals surface area contributed by atoms with E-state index in [1.807, 2.05) is 0 Å². The van der Waals surface area contributed by atoms with E-state index >= 15 is 0 Å². The highest BCUT2D eigenvalue weighted by Crippen LogP contribution is 2.27. The summed E-state index contributed by atoms with van der Waals surface area (Å²) in [7, 11) is 0. The lowest BCUT2D eigenvalue weighted by atomic mass is 9.87. The summed E-state index contributed by atoms with van der Waals surface area (Å²) in [6.07, 6.45) is -1.94. The Morgan fingerprint density at radius 2 is 1.73 bits per heavy atom. The van der Waals surface area contributed by atoms with Crippen LogP contribution in [0.25, 0.3) is 0 Å². The average molecular weight is 222 g/mol. The monoisotopic (exact) mass is 222 g/mol. The number of ketones is 2. The quantitative estimate of drug-likeness (QED) is 0.639. The molecular formula is C10H13F3O2. The second-order valence-corrected chi connectivity index (χ2v) is 3.83. The van der Waals surface area contributed by atoms with Gasteiger partial charge in [-0.15, -0.1) is 0 Å². The molecule has 1 saturated carbocycles. The lowest BCUT2D eigenvalue weighted by Gasteiger charge is -2.18. The smallest absolute Gasteiger partial charge is 0.299 e. The molecule has 1 aliphatic carbocycles. The molecule has 1 rings (SSSR count). The van der Waals surface area contributed by atoms with E-state index in [0.717, 1.165) is 12.8 Å². The number of Topliss-reactive ketones (excluding diaryl/α,β-unsaturated/α-hetero) is 2. The van der Waals surface area contributed by atoms with Gasteiger partial charge in [-0.3, -0.25) is 9.59 Å². The molecule has 0 N–H and O–H groups in total. The Labute approximate surface area is 85.8 Å². The molecule has 86 valence electrons. The highest BCUT2D eigenvalue weighted by Gasteiger charge is 2.45. The van der Waals surface area contributed by atoms with Gasteiger partial charge >= 0.3 is 6.18 Å². The van der Waals surface area contributed by atoms with Crippen LogP contribution < -0.4 is 0 Å². The molecule has 0 bridgehead atoms. The van der Waals surface area contributed by atoms with Crippen LogP contribution in [0.3, 0.4) is 0 Å². The Morgan fingerprint density at radius 3 is 2.33 bits per heavy atom. The lowest BCUT2D eigenvalue weighted by molar-refractivity contribution is -0.177. The van der Waals surface area contributed by atoms with Gasteiger partial charge in [0.15, 0.2) is 0 Å². The third-order valence-electron chi connectivity index (χ3n) is 2.65.